The highest BCUT2D eigenvalue weighted by molar-refractivity contribution is 5.46. The van der Waals surface area contributed by atoms with E-state index in [1.807, 2.05) is 6.20 Å². The van der Waals surface area contributed by atoms with Crippen molar-refractivity contribution in [2.45, 2.75) is 33.2 Å². The molecule has 19 heavy (non-hydrogen) atoms. The molecule has 0 fully saturated rings. The summed E-state index contributed by atoms with van der Waals surface area (Å²) < 4.78 is 5.01. The molecule has 4 nitrogen and oxygen atoms in total. The minimum absolute atomic E-state index is 0.740. The van der Waals surface area contributed by atoms with E-state index in [0.29, 0.717) is 0 Å². The van der Waals surface area contributed by atoms with Gasteiger partial charge in [0.05, 0.1) is 6.61 Å². The molecule has 1 heterocycles. The van der Waals surface area contributed by atoms with Gasteiger partial charge < -0.3 is 15.0 Å². The first kappa shape index (κ1) is 15.9. The second-order valence-electron chi connectivity index (χ2n) is 4.93. The van der Waals surface area contributed by atoms with Crippen molar-refractivity contribution in [3.05, 3.63) is 23.4 Å². The maximum Gasteiger partial charge on any atom is 0.131 e. The Morgan fingerprint density at radius 2 is 2.21 bits per heavy atom. The van der Waals surface area contributed by atoms with Gasteiger partial charge >= 0.3 is 0 Å². The van der Waals surface area contributed by atoms with Gasteiger partial charge in [-0.3, -0.25) is 0 Å². The SMILES string of the molecule is CCCCN(C)c1ncc(CNCCOC)cc1C. The van der Waals surface area contributed by atoms with Crippen molar-refractivity contribution in [2.75, 3.05) is 38.8 Å². The molecule has 1 rings (SSSR count). The van der Waals surface area contributed by atoms with Crippen molar-refractivity contribution in [3.63, 3.8) is 0 Å². The lowest BCUT2D eigenvalue weighted by molar-refractivity contribution is 0.199. The molecule has 0 aromatic carbocycles. The van der Waals surface area contributed by atoms with E-state index in [9.17, 15) is 0 Å². The molecule has 0 aliphatic carbocycles. The zero-order valence-corrected chi connectivity index (χ0v) is 12.7. The predicted octanol–water partition coefficient (Wildman–Crippen LogP) is 2.36. The van der Waals surface area contributed by atoms with Crippen LogP contribution in [0.3, 0.4) is 0 Å². The number of nitrogens with zero attached hydrogens (tertiary/aromatic N) is 2. The van der Waals surface area contributed by atoms with Gasteiger partial charge in [-0.05, 0) is 30.5 Å². The summed E-state index contributed by atoms with van der Waals surface area (Å²) in [5, 5.41) is 3.33. The summed E-state index contributed by atoms with van der Waals surface area (Å²) in [7, 11) is 3.83. The number of ether oxygens (including phenoxy) is 1. The molecule has 0 saturated heterocycles. The molecule has 0 spiro atoms. The first-order valence-corrected chi connectivity index (χ1v) is 7.05. The van der Waals surface area contributed by atoms with Crippen LogP contribution in [0.4, 0.5) is 5.82 Å². The van der Waals surface area contributed by atoms with Crippen LogP contribution in [-0.4, -0.2) is 38.8 Å². The largest absolute Gasteiger partial charge is 0.383 e. The van der Waals surface area contributed by atoms with Gasteiger partial charge in [-0.1, -0.05) is 13.3 Å². The Labute approximate surface area is 117 Å². The fourth-order valence-electron chi connectivity index (χ4n) is 2.03. The molecule has 0 unspecified atom stereocenters. The normalized spacial score (nSPS) is 10.7. The fourth-order valence-corrected chi connectivity index (χ4v) is 2.03. The molecule has 1 aromatic heterocycles. The number of aromatic nitrogens is 1. The van der Waals surface area contributed by atoms with Crippen molar-refractivity contribution >= 4 is 5.82 Å². The number of hydrogen-bond donors (Lipinski definition) is 1. The van der Waals surface area contributed by atoms with E-state index in [-0.39, 0.29) is 0 Å². The summed E-state index contributed by atoms with van der Waals surface area (Å²) in [5.41, 5.74) is 2.46. The van der Waals surface area contributed by atoms with Gasteiger partial charge in [-0.2, -0.15) is 0 Å². The monoisotopic (exact) mass is 265 g/mol. The second-order valence-corrected chi connectivity index (χ2v) is 4.93. The zero-order valence-electron chi connectivity index (χ0n) is 12.7. The summed E-state index contributed by atoms with van der Waals surface area (Å²) in [4.78, 5) is 6.82. The van der Waals surface area contributed by atoms with E-state index in [0.717, 1.165) is 32.1 Å². The smallest absolute Gasteiger partial charge is 0.131 e. The zero-order chi connectivity index (χ0) is 14.1. The first-order chi connectivity index (χ1) is 9.19. The Hall–Kier alpha value is -1.13. The van der Waals surface area contributed by atoms with Crippen LogP contribution in [0.15, 0.2) is 12.3 Å². The average molecular weight is 265 g/mol. The molecule has 0 saturated carbocycles. The third-order valence-corrected chi connectivity index (χ3v) is 3.13. The number of nitrogens with one attached hydrogen (secondary N) is 1. The maximum absolute atomic E-state index is 5.01. The fraction of sp³-hybridized carbons (Fsp3) is 0.667. The Balaban J connectivity index is 2.53. The van der Waals surface area contributed by atoms with Crippen LogP contribution in [-0.2, 0) is 11.3 Å². The maximum atomic E-state index is 5.01. The van der Waals surface area contributed by atoms with E-state index >= 15 is 0 Å². The number of methoxy groups -OCH3 is 1. The average Bonchev–Trinajstić information content (AvgIpc) is 2.41. The van der Waals surface area contributed by atoms with Crippen LogP contribution in [0, 0.1) is 6.92 Å². The van der Waals surface area contributed by atoms with Gasteiger partial charge in [0.2, 0.25) is 0 Å². The predicted molar refractivity (Wildman–Crippen MR) is 80.7 cm³/mol. The number of rotatable bonds is 9. The Kier molecular flexibility index (Phi) is 7.45. The molecule has 0 amide bonds. The number of hydrogen-bond acceptors (Lipinski definition) is 4. The van der Waals surface area contributed by atoms with Gasteiger partial charge in [0.15, 0.2) is 0 Å². The Morgan fingerprint density at radius 3 is 2.84 bits per heavy atom. The second kappa shape index (κ2) is 8.88. The number of aryl methyl sites for hydroxylation is 1. The lowest BCUT2D eigenvalue weighted by Gasteiger charge is -2.20. The van der Waals surface area contributed by atoms with Crippen molar-refractivity contribution < 1.29 is 4.74 Å². The third kappa shape index (κ3) is 5.57. The Morgan fingerprint density at radius 1 is 1.42 bits per heavy atom. The van der Waals surface area contributed by atoms with E-state index < -0.39 is 0 Å². The molecule has 4 heteroatoms. The van der Waals surface area contributed by atoms with Crippen molar-refractivity contribution in [2.24, 2.45) is 0 Å². The van der Waals surface area contributed by atoms with Gasteiger partial charge in [0.1, 0.15) is 5.82 Å². The van der Waals surface area contributed by atoms with Crippen LogP contribution in [0.2, 0.25) is 0 Å². The highest BCUT2D eigenvalue weighted by Gasteiger charge is 2.06. The molecule has 0 bridgehead atoms. The van der Waals surface area contributed by atoms with Gasteiger partial charge in [-0.25, -0.2) is 4.98 Å². The van der Waals surface area contributed by atoms with E-state index in [2.05, 4.69) is 42.2 Å². The van der Waals surface area contributed by atoms with Crippen molar-refractivity contribution in [1.82, 2.24) is 10.3 Å². The first-order valence-electron chi connectivity index (χ1n) is 7.05. The van der Waals surface area contributed by atoms with Crippen LogP contribution in [0.5, 0.6) is 0 Å². The molecule has 0 aliphatic heterocycles. The summed E-state index contributed by atoms with van der Waals surface area (Å²) in [6.07, 6.45) is 4.38. The van der Waals surface area contributed by atoms with Crippen LogP contribution in [0.25, 0.3) is 0 Å². The van der Waals surface area contributed by atoms with Crippen molar-refractivity contribution in [1.29, 1.82) is 0 Å². The van der Waals surface area contributed by atoms with Gasteiger partial charge in [0.25, 0.3) is 0 Å². The summed E-state index contributed by atoms with van der Waals surface area (Å²) in [5.74, 6) is 1.09. The minimum atomic E-state index is 0.740. The third-order valence-electron chi connectivity index (χ3n) is 3.13. The van der Waals surface area contributed by atoms with E-state index in [4.69, 9.17) is 4.74 Å². The quantitative estimate of drug-likeness (QED) is 0.696. The van der Waals surface area contributed by atoms with E-state index in [1.54, 1.807) is 7.11 Å². The lowest BCUT2D eigenvalue weighted by atomic mass is 10.2. The standard InChI is InChI=1S/C15H27N3O/c1-5-6-8-18(3)15-13(2)10-14(12-17-15)11-16-7-9-19-4/h10,12,16H,5-9,11H2,1-4H3. The topological polar surface area (TPSA) is 37.4 Å². The molecular weight excluding hydrogens is 238 g/mol. The summed E-state index contributed by atoms with van der Waals surface area (Å²) in [6.45, 7) is 7.86. The number of anilines is 1. The number of unbranched alkanes of at least 4 members (excludes halogenated alkanes) is 1. The minimum Gasteiger partial charge on any atom is -0.383 e. The van der Waals surface area contributed by atoms with Crippen molar-refractivity contribution in [3.8, 4) is 0 Å². The van der Waals surface area contributed by atoms with E-state index in [1.165, 1.54) is 24.0 Å². The molecular formula is C15H27N3O. The lowest BCUT2D eigenvalue weighted by Crippen LogP contribution is -2.22. The molecule has 1 N–H and O–H groups in total. The van der Waals surface area contributed by atoms with Crippen LogP contribution < -0.4 is 10.2 Å². The molecule has 108 valence electrons. The molecule has 0 atom stereocenters. The highest BCUT2D eigenvalue weighted by atomic mass is 16.5. The van der Waals surface area contributed by atoms with Crippen LogP contribution >= 0.6 is 0 Å². The summed E-state index contributed by atoms with van der Waals surface area (Å²) in [6, 6.07) is 2.21. The van der Waals surface area contributed by atoms with Crippen LogP contribution in [0.1, 0.15) is 30.9 Å². The Bertz CT molecular complexity index is 368. The molecule has 0 radical (unpaired) electrons. The van der Waals surface area contributed by atoms with Gasteiger partial charge in [0, 0.05) is 40.0 Å². The molecule has 1 aromatic rings. The highest BCUT2D eigenvalue weighted by Crippen LogP contribution is 2.17. The number of pyridine rings is 1. The van der Waals surface area contributed by atoms with Gasteiger partial charge in [-0.15, -0.1) is 0 Å². The summed E-state index contributed by atoms with van der Waals surface area (Å²) >= 11 is 0. The molecule has 0 aliphatic rings.